The third-order valence-electron chi connectivity index (χ3n) is 4.09. The zero-order valence-corrected chi connectivity index (χ0v) is 12.0. The monoisotopic (exact) mass is 280 g/mol. The first-order valence-corrected chi connectivity index (χ1v) is 7.83. The molecule has 1 aliphatic carbocycles. The molecule has 2 aromatic carbocycles. The minimum absolute atomic E-state index is 0.223. The summed E-state index contributed by atoms with van der Waals surface area (Å²) in [6, 6.07) is 15.1. The van der Waals surface area contributed by atoms with Crippen molar-refractivity contribution in [1.82, 2.24) is 4.98 Å². The smallest absolute Gasteiger partial charge is 0.0982 e. The fraction of sp³-hybridized carbons (Fsp3) is 0.235. The number of para-hydroxylation sites is 1. The quantitative estimate of drug-likeness (QED) is 0.774. The minimum atomic E-state index is 0.223. The number of rotatable bonds is 2. The summed E-state index contributed by atoms with van der Waals surface area (Å²) in [4.78, 5) is 4.74. The summed E-state index contributed by atoms with van der Waals surface area (Å²) < 4.78 is 1.27. The van der Waals surface area contributed by atoms with E-state index in [0.29, 0.717) is 0 Å². The van der Waals surface area contributed by atoms with Crippen molar-refractivity contribution in [2.75, 3.05) is 0 Å². The van der Waals surface area contributed by atoms with Gasteiger partial charge in [0, 0.05) is 12.5 Å². The number of benzene rings is 2. The maximum Gasteiger partial charge on any atom is 0.0982 e. The number of thiazole rings is 1. The predicted molar refractivity (Wildman–Crippen MR) is 84.1 cm³/mol. The average molecular weight is 280 g/mol. The minimum Gasteiger partial charge on any atom is -0.324 e. The Labute approximate surface area is 122 Å². The van der Waals surface area contributed by atoms with Crippen LogP contribution in [0.25, 0.3) is 10.2 Å². The summed E-state index contributed by atoms with van der Waals surface area (Å²) in [7, 11) is 0. The summed E-state index contributed by atoms with van der Waals surface area (Å²) >= 11 is 1.80. The summed E-state index contributed by atoms with van der Waals surface area (Å²) in [5.41, 5.74) is 11.5. The summed E-state index contributed by atoms with van der Waals surface area (Å²) in [5.74, 6) is 0. The van der Waals surface area contributed by atoms with Gasteiger partial charge < -0.3 is 5.73 Å². The Morgan fingerprint density at radius 2 is 2.05 bits per heavy atom. The zero-order valence-electron chi connectivity index (χ0n) is 11.2. The van der Waals surface area contributed by atoms with Crippen molar-refractivity contribution < 1.29 is 0 Å². The molecule has 0 amide bonds. The Bertz CT molecular complexity index is 743. The molecule has 1 aromatic heterocycles. The van der Waals surface area contributed by atoms with Gasteiger partial charge in [-0.05, 0) is 41.7 Å². The third-order valence-corrected chi connectivity index (χ3v) is 5.13. The van der Waals surface area contributed by atoms with Crippen molar-refractivity contribution >= 4 is 21.6 Å². The summed E-state index contributed by atoms with van der Waals surface area (Å²) in [6.07, 6.45) is 3.11. The first kappa shape index (κ1) is 12.1. The molecule has 1 heterocycles. The van der Waals surface area contributed by atoms with Crippen molar-refractivity contribution in [2.24, 2.45) is 5.73 Å². The van der Waals surface area contributed by atoms with Gasteiger partial charge in [0.1, 0.15) is 0 Å². The Hall–Kier alpha value is -1.71. The molecule has 1 aliphatic rings. The molecular weight excluding hydrogens is 264 g/mol. The van der Waals surface area contributed by atoms with Gasteiger partial charge >= 0.3 is 0 Å². The van der Waals surface area contributed by atoms with Gasteiger partial charge in [0.15, 0.2) is 0 Å². The molecule has 3 heteroatoms. The second-order valence-corrected chi connectivity index (χ2v) is 6.50. The van der Waals surface area contributed by atoms with E-state index in [9.17, 15) is 0 Å². The highest BCUT2D eigenvalue weighted by Crippen LogP contribution is 2.33. The van der Waals surface area contributed by atoms with Crippen LogP contribution < -0.4 is 5.73 Å². The number of hydrogen-bond donors (Lipinski definition) is 1. The molecule has 2 nitrogen and oxygen atoms in total. The molecule has 20 heavy (non-hydrogen) atoms. The third kappa shape index (κ3) is 1.94. The van der Waals surface area contributed by atoms with Crippen molar-refractivity contribution in [3.05, 3.63) is 64.2 Å². The molecule has 0 aliphatic heterocycles. The lowest BCUT2D eigenvalue weighted by atomic mass is 10.0. The zero-order chi connectivity index (χ0) is 13.5. The van der Waals surface area contributed by atoms with Crippen LogP contribution in [0, 0.1) is 0 Å². The van der Waals surface area contributed by atoms with E-state index < -0.39 is 0 Å². The number of hydrogen-bond acceptors (Lipinski definition) is 3. The Morgan fingerprint density at radius 1 is 1.15 bits per heavy atom. The first-order chi connectivity index (χ1) is 9.81. The van der Waals surface area contributed by atoms with E-state index >= 15 is 0 Å². The van der Waals surface area contributed by atoms with Crippen LogP contribution in [0.15, 0.2) is 42.5 Å². The number of nitrogens with zero attached hydrogens (tertiary/aromatic N) is 1. The van der Waals surface area contributed by atoms with E-state index in [2.05, 4.69) is 36.4 Å². The second kappa shape index (κ2) is 4.69. The topological polar surface area (TPSA) is 38.9 Å². The van der Waals surface area contributed by atoms with Crippen LogP contribution in [0.5, 0.6) is 0 Å². The summed E-state index contributed by atoms with van der Waals surface area (Å²) in [5, 5.41) is 1.19. The van der Waals surface area contributed by atoms with E-state index in [1.807, 2.05) is 6.07 Å². The molecule has 2 N–H and O–H groups in total. The van der Waals surface area contributed by atoms with Crippen molar-refractivity contribution in [3.63, 3.8) is 0 Å². The standard InChI is InChI=1S/C17H16N2S/c18-14-9-8-12-11(4-3-5-13(12)14)10-17-19-15-6-1-2-7-16(15)20-17/h1-7,14H,8-10,18H2. The Balaban J connectivity index is 1.73. The van der Waals surface area contributed by atoms with Gasteiger partial charge in [-0.2, -0.15) is 0 Å². The van der Waals surface area contributed by atoms with Crippen LogP contribution in [0.4, 0.5) is 0 Å². The Kier molecular flexibility index (Phi) is 2.83. The van der Waals surface area contributed by atoms with Gasteiger partial charge in [0.05, 0.1) is 15.2 Å². The average Bonchev–Trinajstić information content (AvgIpc) is 3.03. The van der Waals surface area contributed by atoms with Gasteiger partial charge in [-0.1, -0.05) is 30.3 Å². The van der Waals surface area contributed by atoms with Crippen LogP contribution >= 0.6 is 11.3 Å². The molecule has 0 saturated carbocycles. The maximum absolute atomic E-state index is 6.16. The number of nitrogens with two attached hydrogens (primary N) is 1. The van der Waals surface area contributed by atoms with Crippen LogP contribution in [-0.2, 0) is 12.8 Å². The van der Waals surface area contributed by atoms with E-state index in [4.69, 9.17) is 10.7 Å². The van der Waals surface area contributed by atoms with Crippen molar-refractivity contribution in [3.8, 4) is 0 Å². The van der Waals surface area contributed by atoms with E-state index in [0.717, 1.165) is 24.8 Å². The molecule has 0 radical (unpaired) electrons. The number of fused-ring (bicyclic) bond motifs is 2. The fourth-order valence-electron chi connectivity index (χ4n) is 3.09. The second-order valence-electron chi connectivity index (χ2n) is 5.38. The highest BCUT2D eigenvalue weighted by molar-refractivity contribution is 7.18. The molecule has 1 unspecified atom stereocenters. The SMILES string of the molecule is NC1CCc2c(Cc3nc4ccccc4s3)cccc21. The first-order valence-electron chi connectivity index (χ1n) is 7.02. The van der Waals surface area contributed by atoms with Crippen molar-refractivity contribution in [1.29, 1.82) is 0 Å². The van der Waals surface area contributed by atoms with Gasteiger partial charge in [0.2, 0.25) is 0 Å². The van der Waals surface area contributed by atoms with Gasteiger partial charge in [0.25, 0.3) is 0 Å². The molecule has 4 rings (SSSR count). The lowest BCUT2D eigenvalue weighted by Gasteiger charge is -2.08. The van der Waals surface area contributed by atoms with Crippen LogP contribution in [0.3, 0.4) is 0 Å². The highest BCUT2D eigenvalue weighted by Gasteiger charge is 2.21. The van der Waals surface area contributed by atoms with Gasteiger partial charge in [-0.25, -0.2) is 4.98 Å². The molecular formula is C17H16N2S. The molecule has 100 valence electrons. The van der Waals surface area contributed by atoms with E-state index in [1.165, 1.54) is 26.4 Å². The van der Waals surface area contributed by atoms with E-state index in [1.54, 1.807) is 11.3 Å². The van der Waals surface area contributed by atoms with Crippen LogP contribution in [0.1, 0.15) is 34.2 Å². The maximum atomic E-state index is 6.16. The molecule has 0 fully saturated rings. The molecule has 0 bridgehead atoms. The molecule has 1 atom stereocenters. The van der Waals surface area contributed by atoms with E-state index in [-0.39, 0.29) is 6.04 Å². The lowest BCUT2D eigenvalue weighted by Crippen LogP contribution is -2.05. The number of aromatic nitrogens is 1. The predicted octanol–water partition coefficient (Wildman–Crippen LogP) is 3.83. The van der Waals surface area contributed by atoms with Gasteiger partial charge in [-0.15, -0.1) is 11.3 Å². The van der Waals surface area contributed by atoms with Crippen LogP contribution in [-0.4, -0.2) is 4.98 Å². The molecule has 3 aromatic rings. The van der Waals surface area contributed by atoms with Crippen LogP contribution in [0.2, 0.25) is 0 Å². The summed E-state index contributed by atoms with van der Waals surface area (Å²) in [6.45, 7) is 0. The molecule has 0 spiro atoms. The largest absolute Gasteiger partial charge is 0.324 e. The van der Waals surface area contributed by atoms with Gasteiger partial charge in [-0.3, -0.25) is 0 Å². The normalized spacial score (nSPS) is 17.6. The lowest BCUT2D eigenvalue weighted by molar-refractivity contribution is 0.713. The molecule has 0 saturated heterocycles. The Morgan fingerprint density at radius 3 is 2.95 bits per heavy atom. The fourth-order valence-corrected chi connectivity index (χ4v) is 4.08. The van der Waals surface area contributed by atoms with Crippen molar-refractivity contribution in [2.45, 2.75) is 25.3 Å². The highest BCUT2D eigenvalue weighted by atomic mass is 32.1.